The number of hydrazone groups is 1. The fraction of sp³-hybridized carbons (Fsp3) is 0.391. The van der Waals surface area contributed by atoms with E-state index >= 15 is 0 Å². The number of nitrogens with zero attached hydrogens (tertiary/aromatic N) is 5. The molecule has 10 nitrogen and oxygen atoms in total. The van der Waals surface area contributed by atoms with E-state index < -0.39 is 23.9 Å². The number of thiazole rings is 1. The standard InChI is InChI=1S/C23H24Cl2N6O4S/c1-23(2,3)11-35-19-13(24)6-12(7-14(19)25)15-10-36-21(27-15)28-17(32)9-31-18-16(8-26-31)29(4)22(34)30(5)20(18)33/h6-8,10,18H,9,11H2,1-5H3/p+1. The van der Waals surface area contributed by atoms with Crippen LogP contribution in [-0.2, 0) is 9.59 Å². The van der Waals surface area contributed by atoms with Crippen LogP contribution in [0.2, 0.25) is 10.0 Å². The number of fused-ring (bicyclic) bond motifs is 1. The van der Waals surface area contributed by atoms with Crippen molar-refractivity contribution in [1.29, 1.82) is 0 Å². The molecule has 0 radical (unpaired) electrons. The van der Waals surface area contributed by atoms with Crippen molar-refractivity contribution in [2.24, 2.45) is 10.5 Å². The van der Waals surface area contributed by atoms with E-state index in [2.05, 4.69) is 15.4 Å². The number of carbonyl (C=O) groups is 3. The molecule has 36 heavy (non-hydrogen) atoms. The van der Waals surface area contributed by atoms with Gasteiger partial charge in [-0.05, 0) is 17.5 Å². The number of ether oxygens (including phenoxy) is 1. The van der Waals surface area contributed by atoms with Gasteiger partial charge in [0.15, 0.2) is 16.6 Å². The molecule has 0 saturated heterocycles. The quantitative estimate of drug-likeness (QED) is 0.546. The van der Waals surface area contributed by atoms with E-state index in [-0.39, 0.29) is 12.0 Å². The smallest absolute Gasteiger partial charge is 0.490 e. The van der Waals surface area contributed by atoms with E-state index in [4.69, 9.17) is 27.9 Å². The summed E-state index contributed by atoms with van der Waals surface area (Å²) in [5, 5.41) is 11.1. The minimum atomic E-state index is -0.835. The maximum Gasteiger partial charge on any atom is 0.500 e. The molecule has 1 unspecified atom stereocenters. The van der Waals surface area contributed by atoms with E-state index in [9.17, 15) is 14.4 Å². The van der Waals surface area contributed by atoms with Crippen molar-refractivity contribution < 1.29 is 23.7 Å². The number of halogens is 2. The van der Waals surface area contributed by atoms with Crippen LogP contribution in [-0.4, -0.2) is 82.5 Å². The van der Waals surface area contributed by atoms with Crippen LogP contribution < -0.4 is 10.1 Å². The van der Waals surface area contributed by atoms with Crippen LogP contribution in [0, 0.1) is 5.41 Å². The lowest BCUT2D eigenvalue weighted by Crippen LogP contribution is -2.58. The van der Waals surface area contributed by atoms with Gasteiger partial charge in [0, 0.05) is 10.9 Å². The normalized spacial score (nSPS) is 17.7. The third-order valence-electron chi connectivity index (χ3n) is 5.44. The fourth-order valence-corrected chi connectivity index (χ4v) is 4.93. The Hall–Kier alpha value is -3.02. The van der Waals surface area contributed by atoms with Crippen molar-refractivity contribution in [1.82, 2.24) is 14.9 Å². The first kappa shape index (κ1) is 26.1. The lowest BCUT2D eigenvalue weighted by Gasteiger charge is -2.25. The van der Waals surface area contributed by atoms with E-state index in [1.54, 1.807) is 24.6 Å². The molecule has 1 N–H and O–H groups in total. The molecule has 2 aliphatic rings. The lowest BCUT2D eigenvalue weighted by atomic mass is 9.99. The zero-order valence-electron chi connectivity index (χ0n) is 20.3. The van der Waals surface area contributed by atoms with Crippen molar-refractivity contribution in [3.63, 3.8) is 0 Å². The Bertz CT molecular complexity index is 1290. The molecule has 1 aromatic carbocycles. The highest BCUT2D eigenvalue weighted by Gasteiger charge is 2.50. The summed E-state index contributed by atoms with van der Waals surface area (Å²) in [5.41, 5.74) is 1.63. The number of anilines is 1. The molecule has 0 aliphatic carbocycles. The molecule has 13 heteroatoms. The number of urea groups is 1. The van der Waals surface area contributed by atoms with Gasteiger partial charge in [0.05, 0.1) is 42.7 Å². The second-order valence-electron chi connectivity index (χ2n) is 9.61. The van der Waals surface area contributed by atoms with Gasteiger partial charge in [-0.1, -0.05) is 44.0 Å². The summed E-state index contributed by atoms with van der Waals surface area (Å²) in [6.07, 6.45) is 1.42. The van der Waals surface area contributed by atoms with E-state index in [1.165, 1.54) is 34.2 Å². The van der Waals surface area contributed by atoms with Crippen molar-refractivity contribution in [3.8, 4) is 17.0 Å². The Labute approximate surface area is 222 Å². The molecular formula is C23H25Cl2N6O4S+. The second kappa shape index (κ2) is 9.79. The second-order valence-corrected chi connectivity index (χ2v) is 11.3. The minimum absolute atomic E-state index is 0.0547. The lowest BCUT2D eigenvalue weighted by molar-refractivity contribution is -0.404. The summed E-state index contributed by atoms with van der Waals surface area (Å²) in [7, 11) is 2.95. The zero-order valence-corrected chi connectivity index (χ0v) is 22.7. The topological polar surface area (TPSA) is 107 Å². The summed E-state index contributed by atoms with van der Waals surface area (Å²) in [4.78, 5) is 42.9. The number of amides is 4. The first-order valence-electron chi connectivity index (χ1n) is 11.0. The molecule has 4 rings (SSSR count). The van der Waals surface area contributed by atoms with Crippen LogP contribution in [0.3, 0.4) is 0 Å². The molecule has 0 bridgehead atoms. The van der Waals surface area contributed by atoms with Gasteiger partial charge in [-0.2, -0.15) is 19.4 Å². The Balaban J connectivity index is 1.43. The summed E-state index contributed by atoms with van der Waals surface area (Å²) >= 11 is 14.1. The first-order valence-corrected chi connectivity index (χ1v) is 12.6. The number of aromatic nitrogens is 1. The molecule has 190 valence electrons. The van der Waals surface area contributed by atoms with Gasteiger partial charge < -0.3 is 10.1 Å². The molecule has 4 amide bonds. The predicted octanol–water partition coefficient (Wildman–Crippen LogP) is 3.83. The molecule has 3 heterocycles. The predicted molar refractivity (Wildman–Crippen MR) is 139 cm³/mol. The van der Waals surface area contributed by atoms with Crippen LogP contribution >= 0.6 is 34.5 Å². The number of rotatable bonds is 6. The summed E-state index contributed by atoms with van der Waals surface area (Å²) in [6, 6.07) is 2.14. The monoisotopic (exact) mass is 551 g/mol. The Morgan fingerprint density at radius 2 is 1.92 bits per heavy atom. The van der Waals surface area contributed by atoms with E-state index in [1.807, 2.05) is 20.8 Å². The van der Waals surface area contributed by atoms with Crippen molar-refractivity contribution >= 4 is 69.4 Å². The van der Waals surface area contributed by atoms with Gasteiger partial charge >= 0.3 is 11.9 Å². The molecule has 0 spiro atoms. The van der Waals surface area contributed by atoms with Crippen LogP contribution in [0.5, 0.6) is 5.75 Å². The summed E-state index contributed by atoms with van der Waals surface area (Å²) < 4.78 is 7.15. The largest absolute Gasteiger partial charge is 0.500 e. The molecule has 0 fully saturated rings. The molecule has 1 aromatic heterocycles. The van der Waals surface area contributed by atoms with Crippen molar-refractivity contribution in [2.45, 2.75) is 26.8 Å². The minimum Gasteiger partial charge on any atom is -0.490 e. The number of likely N-dealkylation sites (N-methyl/N-ethyl adjacent to an activating group) is 1. The van der Waals surface area contributed by atoms with Crippen molar-refractivity contribution in [3.05, 3.63) is 27.6 Å². The highest BCUT2D eigenvalue weighted by Crippen LogP contribution is 2.39. The maximum atomic E-state index is 12.7. The first-order chi connectivity index (χ1) is 16.9. The fourth-order valence-electron chi connectivity index (χ4n) is 3.60. The Morgan fingerprint density at radius 1 is 1.25 bits per heavy atom. The number of imide groups is 1. The van der Waals surface area contributed by atoms with E-state index in [0.29, 0.717) is 44.5 Å². The van der Waals surface area contributed by atoms with Gasteiger partial charge in [0.25, 0.3) is 0 Å². The number of nitrogens with one attached hydrogen (secondary N) is 1. The average Bonchev–Trinajstić information content (AvgIpc) is 3.42. The van der Waals surface area contributed by atoms with Crippen LogP contribution in [0.15, 0.2) is 22.6 Å². The van der Waals surface area contributed by atoms with Gasteiger partial charge in [-0.3, -0.25) is 9.80 Å². The average molecular weight is 552 g/mol. The van der Waals surface area contributed by atoms with Crippen LogP contribution in [0.4, 0.5) is 9.93 Å². The summed E-state index contributed by atoms with van der Waals surface area (Å²) in [6.45, 7) is 6.40. The maximum absolute atomic E-state index is 12.7. The zero-order chi connectivity index (χ0) is 26.4. The van der Waals surface area contributed by atoms with Crippen LogP contribution in [0.25, 0.3) is 11.3 Å². The number of benzene rings is 1. The number of hydrogen-bond donors (Lipinski definition) is 1. The van der Waals surface area contributed by atoms with Crippen molar-refractivity contribution in [2.75, 3.05) is 32.6 Å². The van der Waals surface area contributed by atoms with Gasteiger partial charge in [-0.15, -0.1) is 11.3 Å². The van der Waals surface area contributed by atoms with E-state index in [0.717, 1.165) is 4.90 Å². The van der Waals surface area contributed by atoms with Gasteiger partial charge in [0.1, 0.15) is 6.54 Å². The SMILES string of the molecule is CN1C(=O)C2C(=[N+](C)C1=O)C=NN2CC(=O)Nc1nc(-c2cc(Cl)c(OCC(C)(C)C)c(Cl)c2)cs1. The van der Waals surface area contributed by atoms with Crippen LogP contribution in [0.1, 0.15) is 20.8 Å². The summed E-state index contributed by atoms with van der Waals surface area (Å²) in [5.74, 6) is -0.441. The Morgan fingerprint density at radius 3 is 2.56 bits per heavy atom. The highest BCUT2D eigenvalue weighted by atomic mass is 35.5. The molecule has 2 aliphatic heterocycles. The third-order valence-corrected chi connectivity index (χ3v) is 6.76. The van der Waals surface area contributed by atoms with Gasteiger partial charge in [0.2, 0.25) is 11.9 Å². The number of hydrogen-bond acceptors (Lipinski definition) is 8. The molecular weight excluding hydrogens is 527 g/mol. The highest BCUT2D eigenvalue weighted by molar-refractivity contribution is 7.14. The Kier molecular flexibility index (Phi) is 7.09. The number of carbonyl (C=O) groups excluding carboxylic acids is 3. The molecule has 2 aromatic rings. The third kappa shape index (κ3) is 5.23. The van der Waals surface area contributed by atoms with Gasteiger partial charge in [-0.25, -0.2) is 9.78 Å². The molecule has 1 atom stereocenters. The molecule has 0 saturated carbocycles.